The van der Waals surface area contributed by atoms with Crippen molar-refractivity contribution in [3.05, 3.63) is 12.7 Å². The van der Waals surface area contributed by atoms with E-state index >= 15 is 0 Å². The van der Waals surface area contributed by atoms with Crippen molar-refractivity contribution in [2.45, 2.75) is 75.9 Å². The van der Waals surface area contributed by atoms with E-state index in [-0.39, 0.29) is 18.8 Å². The smallest absolute Gasteiger partial charge is 0.167 e. The lowest BCUT2D eigenvalue weighted by atomic mass is 10.1. The Labute approximate surface area is 157 Å². The Morgan fingerprint density at radius 3 is 2.74 bits per heavy atom. The van der Waals surface area contributed by atoms with Crippen LogP contribution in [-0.4, -0.2) is 61.4 Å². The molecule has 0 aromatic carbocycles. The number of nitrogens with zero attached hydrogens (tertiary/aromatic N) is 4. The van der Waals surface area contributed by atoms with Crippen LogP contribution in [0.2, 0.25) is 0 Å². The first-order valence-corrected chi connectivity index (χ1v) is 9.62. The Hall–Kier alpha value is -1.81. The van der Waals surface area contributed by atoms with Crippen molar-refractivity contribution in [1.29, 1.82) is 0 Å². The average molecular weight is 375 g/mol. The first-order chi connectivity index (χ1) is 13.1. The van der Waals surface area contributed by atoms with E-state index in [2.05, 4.69) is 20.3 Å². The predicted octanol–water partition coefficient (Wildman–Crippen LogP) is 1.59. The van der Waals surface area contributed by atoms with Crippen LogP contribution in [-0.2, 0) is 14.2 Å². The molecule has 2 N–H and O–H groups in total. The van der Waals surface area contributed by atoms with Gasteiger partial charge in [-0.25, -0.2) is 15.0 Å². The Balaban J connectivity index is 1.48. The molecule has 1 aliphatic carbocycles. The molecule has 9 heteroatoms. The highest BCUT2D eigenvalue weighted by molar-refractivity contribution is 5.82. The summed E-state index contributed by atoms with van der Waals surface area (Å²) in [5, 5.41) is 13.2. The molecule has 9 nitrogen and oxygen atoms in total. The molecule has 4 heterocycles. The van der Waals surface area contributed by atoms with E-state index < -0.39 is 18.1 Å². The van der Waals surface area contributed by atoms with Crippen LogP contribution in [0.1, 0.15) is 45.8 Å². The highest BCUT2D eigenvalue weighted by atomic mass is 16.8. The van der Waals surface area contributed by atoms with Gasteiger partial charge in [0, 0.05) is 6.04 Å². The summed E-state index contributed by atoms with van der Waals surface area (Å²) in [5.74, 6) is 0.0357. The zero-order chi connectivity index (χ0) is 18.6. The number of aromatic nitrogens is 4. The maximum Gasteiger partial charge on any atom is 0.167 e. The number of hydrogen-bond donors (Lipinski definition) is 2. The molecule has 27 heavy (non-hydrogen) atoms. The molecule has 2 aromatic rings. The van der Waals surface area contributed by atoms with Crippen LogP contribution in [0, 0.1) is 0 Å². The number of fused-ring (bicyclic) bond motifs is 2. The second-order valence-corrected chi connectivity index (χ2v) is 7.98. The van der Waals surface area contributed by atoms with Gasteiger partial charge in [-0.3, -0.25) is 4.57 Å². The Morgan fingerprint density at radius 1 is 1.19 bits per heavy atom. The van der Waals surface area contributed by atoms with Crippen LogP contribution < -0.4 is 5.32 Å². The number of hydrogen-bond acceptors (Lipinski definition) is 8. The first kappa shape index (κ1) is 17.3. The molecule has 2 aliphatic heterocycles. The van der Waals surface area contributed by atoms with E-state index in [1.165, 1.54) is 12.8 Å². The Bertz CT molecular complexity index is 834. The molecule has 2 unspecified atom stereocenters. The lowest BCUT2D eigenvalue weighted by Crippen LogP contribution is -2.31. The van der Waals surface area contributed by atoms with E-state index in [4.69, 9.17) is 14.2 Å². The number of nitrogens with one attached hydrogen (secondary N) is 1. The van der Waals surface area contributed by atoms with Gasteiger partial charge in [-0.05, 0) is 26.7 Å². The van der Waals surface area contributed by atoms with Crippen LogP contribution in [0.25, 0.3) is 11.2 Å². The third-order valence-electron chi connectivity index (χ3n) is 5.63. The van der Waals surface area contributed by atoms with Gasteiger partial charge in [-0.2, -0.15) is 0 Å². The van der Waals surface area contributed by atoms with Gasteiger partial charge in [0.15, 0.2) is 29.0 Å². The fourth-order valence-electron chi connectivity index (χ4n) is 4.44. The summed E-state index contributed by atoms with van der Waals surface area (Å²) < 4.78 is 19.9. The second kappa shape index (κ2) is 6.37. The fourth-order valence-corrected chi connectivity index (χ4v) is 4.44. The lowest BCUT2D eigenvalue weighted by Gasteiger charge is -2.24. The number of imidazole rings is 1. The van der Waals surface area contributed by atoms with Crippen molar-refractivity contribution < 1.29 is 19.3 Å². The highest BCUT2D eigenvalue weighted by Crippen LogP contribution is 2.43. The van der Waals surface area contributed by atoms with Crippen LogP contribution >= 0.6 is 0 Å². The number of aliphatic hydroxyl groups excluding tert-OH is 1. The minimum Gasteiger partial charge on any atom is -0.394 e. The normalized spacial score (nSPS) is 33.0. The van der Waals surface area contributed by atoms with Gasteiger partial charge in [-0.1, -0.05) is 12.8 Å². The SMILES string of the molecule is CC1(C)O[C@@H]2C(CO)OC(n3cnc4c(NC5CCCC5)ncnc43)[C@@H]2O1. The van der Waals surface area contributed by atoms with Crippen molar-refractivity contribution >= 4 is 17.0 Å². The summed E-state index contributed by atoms with van der Waals surface area (Å²) in [6.45, 7) is 3.61. The third kappa shape index (κ3) is 2.89. The molecular weight excluding hydrogens is 350 g/mol. The van der Waals surface area contributed by atoms with Crippen molar-refractivity contribution in [1.82, 2.24) is 19.5 Å². The maximum atomic E-state index is 9.69. The monoisotopic (exact) mass is 375 g/mol. The number of anilines is 1. The number of aliphatic hydroxyl groups is 1. The summed E-state index contributed by atoms with van der Waals surface area (Å²) in [6, 6.07) is 0.437. The van der Waals surface area contributed by atoms with Crippen LogP contribution in [0.3, 0.4) is 0 Å². The van der Waals surface area contributed by atoms with Gasteiger partial charge < -0.3 is 24.6 Å². The molecule has 4 atom stereocenters. The average Bonchev–Trinajstić information content (AvgIpc) is 3.38. The molecule has 0 bridgehead atoms. The van der Waals surface area contributed by atoms with Crippen molar-refractivity contribution in [2.24, 2.45) is 0 Å². The molecule has 1 saturated carbocycles. The summed E-state index contributed by atoms with van der Waals surface area (Å²) in [4.78, 5) is 13.4. The molecule has 3 fully saturated rings. The molecule has 5 rings (SSSR count). The van der Waals surface area contributed by atoms with Crippen LogP contribution in [0.5, 0.6) is 0 Å². The standard InChI is InChI=1S/C18H25N5O4/c1-18(2)26-13-11(7-24)25-17(14(13)27-18)23-9-21-12-15(19-8-20-16(12)23)22-10-5-3-4-6-10/h8-11,13-14,17,24H,3-7H2,1-2H3,(H,19,20,22)/t11?,13-,14-,17?/m1/s1. The topological polar surface area (TPSA) is 104 Å². The molecule has 2 saturated heterocycles. The maximum absolute atomic E-state index is 9.69. The van der Waals surface area contributed by atoms with Gasteiger partial charge >= 0.3 is 0 Å². The van der Waals surface area contributed by atoms with Gasteiger partial charge in [0.05, 0.1) is 12.9 Å². The molecule has 146 valence electrons. The molecular formula is C18H25N5O4. The minimum absolute atomic E-state index is 0.132. The zero-order valence-corrected chi connectivity index (χ0v) is 15.5. The first-order valence-electron chi connectivity index (χ1n) is 9.62. The van der Waals surface area contributed by atoms with Crippen LogP contribution in [0.15, 0.2) is 12.7 Å². The Morgan fingerprint density at radius 2 is 1.96 bits per heavy atom. The van der Waals surface area contributed by atoms with Gasteiger partial charge in [-0.15, -0.1) is 0 Å². The Kier molecular flexibility index (Phi) is 4.08. The summed E-state index contributed by atoms with van der Waals surface area (Å²) >= 11 is 0. The predicted molar refractivity (Wildman–Crippen MR) is 96.0 cm³/mol. The quantitative estimate of drug-likeness (QED) is 0.830. The van der Waals surface area contributed by atoms with E-state index in [9.17, 15) is 5.11 Å². The molecule has 3 aliphatic rings. The minimum atomic E-state index is -0.717. The summed E-state index contributed by atoms with van der Waals surface area (Å²) in [5.41, 5.74) is 1.40. The largest absolute Gasteiger partial charge is 0.394 e. The van der Waals surface area contributed by atoms with E-state index in [0.717, 1.165) is 24.2 Å². The van der Waals surface area contributed by atoms with E-state index in [1.807, 2.05) is 18.4 Å². The van der Waals surface area contributed by atoms with E-state index in [1.54, 1.807) is 12.7 Å². The van der Waals surface area contributed by atoms with Gasteiger partial charge in [0.1, 0.15) is 24.6 Å². The molecule has 0 spiro atoms. The van der Waals surface area contributed by atoms with Crippen molar-refractivity contribution in [2.75, 3.05) is 11.9 Å². The second-order valence-electron chi connectivity index (χ2n) is 7.98. The molecule has 0 amide bonds. The van der Waals surface area contributed by atoms with E-state index in [0.29, 0.717) is 11.7 Å². The van der Waals surface area contributed by atoms with Crippen LogP contribution in [0.4, 0.5) is 5.82 Å². The number of rotatable bonds is 4. The lowest BCUT2D eigenvalue weighted by molar-refractivity contribution is -0.199. The third-order valence-corrected chi connectivity index (χ3v) is 5.63. The zero-order valence-electron chi connectivity index (χ0n) is 15.5. The van der Waals surface area contributed by atoms with Crippen molar-refractivity contribution in [3.63, 3.8) is 0 Å². The van der Waals surface area contributed by atoms with Gasteiger partial charge in [0.25, 0.3) is 0 Å². The fraction of sp³-hybridized carbons (Fsp3) is 0.722. The highest BCUT2D eigenvalue weighted by Gasteiger charge is 2.56. The molecule has 0 radical (unpaired) electrons. The van der Waals surface area contributed by atoms with Crippen molar-refractivity contribution in [3.8, 4) is 0 Å². The molecule has 2 aromatic heterocycles. The summed E-state index contributed by atoms with van der Waals surface area (Å²) in [6.07, 6.45) is 6.47. The number of ether oxygens (including phenoxy) is 3. The van der Waals surface area contributed by atoms with Gasteiger partial charge in [0.2, 0.25) is 0 Å². The summed E-state index contributed by atoms with van der Waals surface area (Å²) in [7, 11) is 0.